The number of nitrogens with one attached hydrogen (secondary N) is 1. The van der Waals surface area contributed by atoms with Gasteiger partial charge in [-0.05, 0) is 18.4 Å². The summed E-state index contributed by atoms with van der Waals surface area (Å²) in [5, 5.41) is 17.3. The minimum absolute atomic E-state index is 0.0690. The smallest absolute Gasteiger partial charge is 0.163 e. The van der Waals surface area contributed by atoms with Crippen molar-refractivity contribution in [2.24, 2.45) is 0 Å². The van der Waals surface area contributed by atoms with Crippen molar-refractivity contribution in [1.82, 2.24) is 9.78 Å². The normalized spacial score (nSPS) is 20.4. The number of aliphatic hydroxyl groups is 1. The van der Waals surface area contributed by atoms with Gasteiger partial charge in [-0.15, -0.1) is 0 Å². The number of carbonyl (C=O) groups is 1. The Kier molecular flexibility index (Phi) is 3.08. The molecule has 1 aliphatic carbocycles. The molecule has 1 aromatic heterocycles. The predicted octanol–water partition coefficient (Wildman–Crippen LogP) is 2.40. The van der Waals surface area contributed by atoms with Crippen LogP contribution in [0.1, 0.15) is 36.4 Å². The van der Waals surface area contributed by atoms with Gasteiger partial charge >= 0.3 is 0 Å². The van der Waals surface area contributed by atoms with E-state index in [9.17, 15) is 9.90 Å². The lowest BCUT2D eigenvalue weighted by Gasteiger charge is -2.33. The van der Waals surface area contributed by atoms with E-state index in [-0.39, 0.29) is 18.4 Å². The van der Waals surface area contributed by atoms with Gasteiger partial charge in [-0.25, -0.2) is 4.68 Å². The lowest BCUT2D eigenvalue weighted by molar-refractivity contribution is -0.116. The summed E-state index contributed by atoms with van der Waals surface area (Å²) in [7, 11) is 0. The highest BCUT2D eigenvalue weighted by Crippen LogP contribution is 2.41. The lowest BCUT2D eigenvalue weighted by atomic mass is 9.85. The fourth-order valence-electron chi connectivity index (χ4n) is 3.37. The molecule has 1 aromatic carbocycles. The van der Waals surface area contributed by atoms with E-state index in [1.165, 1.54) is 0 Å². The van der Waals surface area contributed by atoms with E-state index >= 15 is 0 Å². The van der Waals surface area contributed by atoms with Gasteiger partial charge < -0.3 is 10.4 Å². The Morgan fingerprint density at radius 2 is 2.09 bits per heavy atom. The van der Waals surface area contributed by atoms with E-state index in [1.807, 2.05) is 35.0 Å². The van der Waals surface area contributed by atoms with E-state index in [0.717, 1.165) is 41.1 Å². The highest BCUT2D eigenvalue weighted by Gasteiger charge is 2.36. The number of aliphatic hydroxyl groups excluding tert-OH is 1. The van der Waals surface area contributed by atoms with Gasteiger partial charge in [0.2, 0.25) is 0 Å². The van der Waals surface area contributed by atoms with Crippen molar-refractivity contribution < 1.29 is 9.90 Å². The number of hydrogen-bond acceptors (Lipinski definition) is 4. The van der Waals surface area contributed by atoms with E-state index in [4.69, 9.17) is 0 Å². The number of carbonyl (C=O) groups excluding carboxylic acids is 1. The van der Waals surface area contributed by atoms with Gasteiger partial charge in [-0.2, -0.15) is 5.10 Å². The summed E-state index contributed by atoms with van der Waals surface area (Å²) >= 11 is 0. The summed E-state index contributed by atoms with van der Waals surface area (Å²) in [6.45, 7) is -0.0690. The largest absolute Gasteiger partial charge is 0.391 e. The van der Waals surface area contributed by atoms with Gasteiger partial charge in [0, 0.05) is 23.3 Å². The molecule has 0 fully saturated rings. The molecule has 5 heteroatoms. The average molecular weight is 295 g/mol. The number of Topliss-reactive ketones (excluding diaryl/α,β-unsaturated/α-hetero) is 1. The molecule has 0 saturated heterocycles. The fourth-order valence-corrected chi connectivity index (χ4v) is 3.37. The maximum atomic E-state index is 12.5. The molecule has 4 rings (SSSR count). The minimum Gasteiger partial charge on any atom is -0.391 e. The van der Waals surface area contributed by atoms with Gasteiger partial charge in [0.1, 0.15) is 11.9 Å². The second-order valence-electron chi connectivity index (χ2n) is 5.73. The first-order valence-electron chi connectivity index (χ1n) is 7.55. The summed E-state index contributed by atoms with van der Waals surface area (Å²) in [6.07, 6.45) is 3.99. The summed E-state index contributed by atoms with van der Waals surface area (Å²) < 4.78 is 1.82. The predicted molar refractivity (Wildman–Crippen MR) is 82.2 cm³/mol. The van der Waals surface area contributed by atoms with Crippen LogP contribution in [0.3, 0.4) is 0 Å². The first-order chi connectivity index (χ1) is 10.8. The molecule has 1 atom stereocenters. The number of hydrogen-bond donors (Lipinski definition) is 2. The maximum Gasteiger partial charge on any atom is 0.163 e. The minimum atomic E-state index is -0.208. The number of benzene rings is 1. The van der Waals surface area contributed by atoms with Crippen LogP contribution in [0, 0.1) is 0 Å². The molecule has 0 radical (unpaired) electrons. The molecule has 0 bridgehead atoms. The van der Waals surface area contributed by atoms with E-state index in [2.05, 4.69) is 10.4 Å². The molecule has 22 heavy (non-hydrogen) atoms. The third kappa shape index (κ3) is 1.89. The van der Waals surface area contributed by atoms with Crippen LogP contribution in [0.5, 0.6) is 0 Å². The molecule has 1 unspecified atom stereocenters. The van der Waals surface area contributed by atoms with Gasteiger partial charge in [-0.3, -0.25) is 4.79 Å². The Balaban J connectivity index is 1.93. The molecule has 2 heterocycles. The van der Waals surface area contributed by atoms with Crippen molar-refractivity contribution >= 4 is 11.6 Å². The zero-order chi connectivity index (χ0) is 15.1. The van der Waals surface area contributed by atoms with Crippen LogP contribution in [0.25, 0.3) is 0 Å². The number of nitrogens with zero attached hydrogens (tertiary/aromatic N) is 2. The third-order valence-electron chi connectivity index (χ3n) is 4.40. The monoisotopic (exact) mass is 295 g/mol. The van der Waals surface area contributed by atoms with Crippen LogP contribution in [0.4, 0.5) is 5.82 Å². The number of anilines is 1. The van der Waals surface area contributed by atoms with Crippen molar-refractivity contribution in [3.05, 3.63) is 58.9 Å². The van der Waals surface area contributed by atoms with Crippen LogP contribution >= 0.6 is 0 Å². The highest BCUT2D eigenvalue weighted by molar-refractivity contribution is 5.99. The SMILES string of the molecule is O=C1CCCC2=C1C(c1ccccc1)n1ncc(CO)c1N2. The molecule has 5 nitrogen and oxygen atoms in total. The van der Waals surface area contributed by atoms with Crippen LogP contribution < -0.4 is 5.32 Å². The van der Waals surface area contributed by atoms with E-state index in [1.54, 1.807) is 6.20 Å². The molecule has 2 aliphatic rings. The molecule has 0 saturated carbocycles. The van der Waals surface area contributed by atoms with E-state index in [0.29, 0.717) is 6.42 Å². The Bertz CT molecular complexity index is 761. The summed E-state index contributed by atoms with van der Waals surface area (Å²) in [6, 6.07) is 9.74. The molecular weight excluding hydrogens is 278 g/mol. The zero-order valence-corrected chi connectivity index (χ0v) is 12.1. The Morgan fingerprint density at radius 3 is 2.86 bits per heavy atom. The number of aromatic nitrogens is 2. The van der Waals surface area contributed by atoms with Crippen LogP contribution in [0.15, 0.2) is 47.8 Å². The number of fused-ring (bicyclic) bond motifs is 1. The molecule has 2 aromatic rings. The average Bonchev–Trinajstić information content (AvgIpc) is 2.96. The second kappa shape index (κ2) is 5.10. The van der Waals surface area contributed by atoms with Crippen LogP contribution in [-0.2, 0) is 11.4 Å². The Morgan fingerprint density at radius 1 is 1.27 bits per heavy atom. The van der Waals surface area contributed by atoms with Crippen LogP contribution in [-0.4, -0.2) is 20.7 Å². The third-order valence-corrected chi connectivity index (χ3v) is 4.40. The number of allylic oxidation sites excluding steroid dienone is 2. The zero-order valence-electron chi connectivity index (χ0n) is 12.1. The van der Waals surface area contributed by atoms with E-state index < -0.39 is 0 Å². The first-order valence-corrected chi connectivity index (χ1v) is 7.55. The second-order valence-corrected chi connectivity index (χ2v) is 5.73. The topological polar surface area (TPSA) is 67.2 Å². The lowest BCUT2D eigenvalue weighted by Crippen LogP contribution is -2.31. The van der Waals surface area contributed by atoms with Crippen molar-refractivity contribution in [3.63, 3.8) is 0 Å². The van der Waals surface area contributed by atoms with Crippen molar-refractivity contribution in [2.75, 3.05) is 5.32 Å². The number of rotatable bonds is 2. The van der Waals surface area contributed by atoms with Crippen molar-refractivity contribution in [1.29, 1.82) is 0 Å². The number of ketones is 1. The standard InChI is InChI=1S/C17H17N3O2/c21-10-12-9-18-20-16(11-5-2-1-3-6-11)15-13(19-17(12)20)7-4-8-14(15)22/h1-3,5-6,9,16,19,21H,4,7-8,10H2. The Hall–Kier alpha value is -2.40. The fraction of sp³-hybridized carbons (Fsp3) is 0.294. The van der Waals surface area contributed by atoms with Crippen LogP contribution in [0.2, 0.25) is 0 Å². The first kappa shape index (κ1) is 13.3. The molecule has 0 amide bonds. The summed E-state index contributed by atoms with van der Waals surface area (Å²) in [5.74, 6) is 0.985. The van der Waals surface area contributed by atoms with Gasteiger partial charge in [-0.1, -0.05) is 30.3 Å². The van der Waals surface area contributed by atoms with Crippen molar-refractivity contribution in [3.8, 4) is 0 Å². The van der Waals surface area contributed by atoms with Gasteiger partial charge in [0.15, 0.2) is 5.78 Å². The summed E-state index contributed by atoms with van der Waals surface area (Å²) in [5.41, 5.74) is 3.59. The Labute approximate surface area is 128 Å². The summed E-state index contributed by atoms with van der Waals surface area (Å²) in [4.78, 5) is 12.5. The molecule has 0 spiro atoms. The molecule has 112 valence electrons. The molecule has 2 N–H and O–H groups in total. The quantitative estimate of drug-likeness (QED) is 0.893. The van der Waals surface area contributed by atoms with Crippen molar-refractivity contribution in [2.45, 2.75) is 31.9 Å². The maximum absolute atomic E-state index is 12.5. The molecular formula is C17H17N3O2. The molecule has 1 aliphatic heterocycles. The highest BCUT2D eigenvalue weighted by atomic mass is 16.3. The van der Waals surface area contributed by atoms with Gasteiger partial charge in [0.05, 0.1) is 12.8 Å². The van der Waals surface area contributed by atoms with Gasteiger partial charge in [0.25, 0.3) is 0 Å².